The monoisotopic (exact) mass is 437 g/mol. The molecule has 0 aliphatic heterocycles. The Bertz CT molecular complexity index is 920. The molecule has 0 aliphatic rings. The van der Waals surface area contributed by atoms with Crippen molar-refractivity contribution in [1.82, 2.24) is 0 Å². The Kier molecular flexibility index (Phi) is 7.75. The minimum atomic E-state index is -1.40. The van der Waals surface area contributed by atoms with Crippen LogP contribution in [0.4, 0.5) is 0 Å². The third-order valence-corrected chi connectivity index (χ3v) is 5.81. The van der Waals surface area contributed by atoms with Gasteiger partial charge in [0.2, 0.25) is 0 Å². The van der Waals surface area contributed by atoms with Crippen molar-refractivity contribution in [3.63, 3.8) is 0 Å². The molecule has 0 heterocycles. The third kappa shape index (κ3) is 5.40. The quantitative estimate of drug-likeness (QED) is 0.435. The summed E-state index contributed by atoms with van der Waals surface area (Å²) in [5.74, 6) is 0.585. The van der Waals surface area contributed by atoms with E-state index in [0.717, 1.165) is 16.7 Å². The predicted octanol–water partition coefficient (Wildman–Crippen LogP) is 5.61. The number of rotatable bonds is 6. The summed E-state index contributed by atoms with van der Waals surface area (Å²) < 4.78 is 27.1. The van der Waals surface area contributed by atoms with Crippen LogP contribution in [0, 0.1) is 0 Å². The van der Waals surface area contributed by atoms with E-state index in [1.165, 1.54) is 0 Å². The molecule has 2 aromatic rings. The average molecular weight is 438 g/mol. The number of hydrogen-bond donors (Lipinski definition) is 0. The van der Waals surface area contributed by atoms with Crippen LogP contribution in [-0.2, 0) is 15.7 Å². The van der Waals surface area contributed by atoms with Crippen LogP contribution in [0.3, 0.4) is 0 Å². The molecular weight excluding hydrogens is 414 g/mol. The van der Waals surface area contributed by atoms with Crippen molar-refractivity contribution < 1.29 is 13.7 Å². The summed E-state index contributed by atoms with van der Waals surface area (Å²) in [6.45, 7) is 7.97. The largest absolute Gasteiger partial charge is 0.497 e. The summed E-state index contributed by atoms with van der Waals surface area (Å²) in [4.78, 5) is 0. The van der Waals surface area contributed by atoms with E-state index >= 15 is 0 Å². The highest BCUT2D eigenvalue weighted by atomic mass is 35.5. The summed E-state index contributed by atoms with van der Waals surface area (Å²) in [5, 5.41) is 0.875. The van der Waals surface area contributed by atoms with E-state index in [4.69, 9.17) is 33.3 Å². The Morgan fingerprint density at radius 3 is 2.57 bits per heavy atom. The highest BCUT2D eigenvalue weighted by Crippen LogP contribution is 2.36. The topological polar surface area (TPSA) is 47.9 Å². The van der Waals surface area contributed by atoms with Gasteiger partial charge < -0.3 is 9.47 Å². The standard InChI is InChI=1S/C21H24ClNO3S2/c1-6-26-20(27)17-10-8-7-9-16(17)19-14(11-15(25-5)12-18(19)22)13-23-28(24)21(2,3)4/h7-13H,6H2,1-5H3/b23-13+. The van der Waals surface area contributed by atoms with Gasteiger partial charge in [-0.3, -0.25) is 0 Å². The van der Waals surface area contributed by atoms with Crippen molar-refractivity contribution in [2.24, 2.45) is 4.40 Å². The van der Waals surface area contributed by atoms with Crippen LogP contribution in [0.25, 0.3) is 11.1 Å². The second-order valence-corrected chi connectivity index (χ2v) is 9.65. The van der Waals surface area contributed by atoms with Crippen molar-refractivity contribution in [2.45, 2.75) is 32.4 Å². The van der Waals surface area contributed by atoms with Gasteiger partial charge in [-0.05, 0) is 63.7 Å². The summed E-state index contributed by atoms with van der Waals surface area (Å²) in [6, 6.07) is 11.2. The average Bonchev–Trinajstić information content (AvgIpc) is 2.65. The van der Waals surface area contributed by atoms with Gasteiger partial charge in [0.05, 0.1) is 23.5 Å². The summed E-state index contributed by atoms with van der Waals surface area (Å²) in [5.41, 5.74) is 3.00. The van der Waals surface area contributed by atoms with E-state index in [-0.39, 0.29) is 0 Å². The van der Waals surface area contributed by atoms with E-state index in [0.29, 0.717) is 28.0 Å². The van der Waals surface area contributed by atoms with Crippen LogP contribution >= 0.6 is 23.8 Å². The summed E-state index contributed by atoms with van der Waals surface area (Å²) >= 11 is 12.0. The maximum Gasteiger partial charge on any atom is 0.191 e. The van der Waals surface area contributed by atoms with E-state index in [2.05, 4.69) is 4.40 Å². The lowest BCUT2D eigenvalue weighted by Crippen LogP contribution is -2.19. The van der Waals surface area contributed by atoms with Gasteiger partial charge in [0.15, 0.2) is 5.05 Å². The minimum Gasteiger partial charge on any atom is -0.497 e. The first-order chi connectivity index (χ1) is 13.2. The van der Waals surface area contributed by atoms with Gasteiger partial charge in [0.1, 0.15) is 16.7 Å². The molecule has 28 heavy (non-hydrogen) atoms. The predicted molar refractivity (Wildman–Crippen MR) is 122 cm³/mol. The first kappa shape index (κ1) is 22.5. The molecule has 0 aliphatic carbocycles. The number of nitrogens with zero attached hydrogens (tertiary/aromatic N) is 1. The lowest BCUT2D eigenvalue weighted by atomic mass is 9.95. The fourth-order valence-corrected chi connectivity index (χ4v) is 3.60. The fourth-order valence-electron chi connectivity index (χ4n) is 2.46. The first-order valence-electron chi connectivity index (χ1n) is 8.79. The van der Waals surface area contributed by atoms with Crippen LogP contribution in [0.1, 0.15) is 38.8 Å². The highest BCUT2D eigenvalue weighted by Gasteiger charge is 2.20. The Morgan fingerprint density at radius 2 is 1.96 bits per heavy atom. The zero-order valence-corrected chi connectivity index (χ0v) is 19.0. The van der Waals surface area contributed by atoms with Gasteiger partial charge in [0, 0.05) is 22.9 Å². The molecule has 0 saturated carbocycles. The molecule has 1 atom stereocenters. The Balaban J connectivity index is 2.67. The van der Waals surface area contributed by atoms with Crippen LogP contribution in [0.2, 0.25) is 5.02 Å². The summed E-state index contributed by atoms with van der Waals surface area (Å²) in [7, 11) is 0.167. The van der Waals surface area contributed by atoms with Gasteiger partial charge in [-0.2, -0.15) is 4.40 Å². The molecule has 0 aromatic heterocycles. The first-order valence-corrected chi connectivity index (χ1v) is 10.7. The summed E-state index contributed by atoms with van der Waals surface area (Å²) in [6.07, 6.45) is 1.57. The molecule has 7 heteroatoms. The molecule has 0 radical (unpaired) electrons. The van der Waals surface area contributed by atoms with Crippen LogP contribution < -0.4 is 4.74 Å². The molecule has 4 nitrogen and oxygen atoms in total. The van der Waals surface area contributed by atoms with Gasteiger partial charge in [-0.15, -0.1) is 0 Å². The molecule has 0 fully saturated rings. The van der Waals surface area contributed by atoms with E-state index < -0.39 is 15.7 Å². The van der Waals surface area contributed by atoms with Gasteiger partial charge in [-0.25, -0.2) is 4.21 Å². The van der Waals surface area contributed by atoms with Crippen molar-refractivity contribution in [3.05, 3.63) is 52.5 Å². The Hall–Kier alpha value is -1.76. The lowest BCUT2D eigenvalue weighted by Gasteiger charge is -2.16. The number of benzene rings is 2. The zero-order chi connectivity index (χ0) is 20.9. The highest BCUT2D eigenvalue weighted by molar-refractivity contribution is 7.85. The maximum absolute atomic E-state index is 12.4. The van der Waals surface area contributed by atoms with Crippen LogP contribution in [0.5, 0.6) is 5.75 Å². The maximum atomic E-state index is 12.4. The second kappa shape index (κ2) is 9.63. The van der Waals surface area contributed by atoms with Crippen molar-refractivity contribution in [2.75, 3.05) is 13.7 Å². The van der Waals surface area contributed by atoms with Gasteiger partial charge in [0.25, 0.3) is 0 Å². The van der Waals surface area contributed by atoms with Crippen LogP contribution in [-0.4, -0.2) is 33.9 Å². The van der Waals surface area contributed by atoms with Crippen molar-refractivity contribution in [1.29, 1.82) is 0 Å². The van der Waals surface area contributed by atoms with Crippen molar-refractivity contribution >= 4 is 46.1 Å². The molecule has 2 aromatic carbocycles. The Morgan fingerprint density at radius 1 is 1.29 bits per heavy atom. The third-order valence-electron chi connectivity index (χ3n) is 3.83. The number of methoxy groups -OCH3 is 1. The normalized spacial score (nSPS) is 12.8. The Labute approximate surface area is 179 Å². The molecule has 1 unspecified atom stereocenters. The molecular formula is C21H24ClNO3S2. The zero-order valence-electron chi connectivity index (χ0n) is 16.6. The molecule has 0 N–H and O–H groups in total. The number of thiocarbonyl (C=S) groups is 1. The number of hydrogen-bond acceptors (Lipinski definition) is 4. The molecule has 0 saturated heterocycles. The molecule has 2 rings (SSSR count). The molecule has 0 amide bonds. The van der Waals surface area contributed by atoms with Gasteiger partial charge >= 0.3 is 0 Å². The minimum absolute atomic E-state index is 0.395. The fraction of sp³-hybridized carbons (Fsp3) is 0.333. The number of ether oxygens (including phenoxy) is 2. The number of halogens is 1. The van der Waals surface area contributed by atoms with E-state index in [1.54, 1.807) is 19.4 Å². The molecule has 0 bridgehead atoms. The van der Waals surface area contributed by atoms with Gasteiger partial charge in [-0.1, -0.05) is 29.8 Å². The SMILES string of the molecule is CCOC(=S)c1ccccc1-c1c(Cl)cc(OC)cc1/C=N/S(=O)C(C)(C)C. The van der Waals surface area contributed by atoms with Crippen LogP contribution in [0.15, 0.2) is 40.8 Å². The lowest BCUT2D eigenvalue weighted by molar-refractivity contribution is 0.338. The smallest absolute Gasteiger partial charge is 0.191 e. The van der Waals surface area contributed by atoms with E-state index in [1.807, 2.05) is 58.0 Å². The molecule has 150 valence electrons. The molecule has 0 spiro atoms. The van der Waals surface area contributed by atoms with E-state index in [9.17, 15) is 4.21 Å². The second-order valence-electron chi connectivity index (χ2n) is 6.94. The van der Waals surface area contributed by atoms with Crippen molar-refractivity contribution in [3.8, 4) is 16.9 Å².